The molecule has 2 aromatic carbocycles. The largest absolute Gasteiger partial charge is 0.339 e. The number of nitrogens with zero attached hydrogens (tertiary/aromatic N) is 4. The van der Waals surface area contributed by atoms with Crippen molar-refractivity contribution in [3.05, 3.63) is 75.7 Å². The molecule has 0 radical (unpaired) electrons. The Kier molecular flexibility index (Phi) is 6.58. The van der Waals surface area contributed by atoms with E-state index in [9.17, 15) is 14.9 Å². The molecule has 0 saturated heterocycles. The van der Waals surface area contributed by atoms with Crippen LogP contribution in [0.4, 0.5) is 5.69 Å². The Labute approximate surface area is 186 Å². The smallest absolute Gasteiger partial charge is 0.269 e. The lowest BCUT2D eigenvalue weighted by atomic mass is 9.93. The van der Waals surface area contributed by atoms with Crippen LogP contribution < -0.4 is 0 Å². The molecule has 1 heterocycles. The van der Waals surface area contributed by atoms with Gasteiger partial charge in [-0.1, -0.05) is 42.1 Å². The molecule has 32 heavy (non-hydrogen) atoms. The number of hydrogen-bond donors (Lipinski definition) is 0. The highest BCUT2D eigenvalue weighted by Gasteiger charge is 2.26. The molecule has 1 aliphatic carbocycles. The summed E-state index contributed by atoms with van der Waals surface area (Å²) in [6.07, 6.45) is 5.95. The van der Waals surface area contributed by atoms with Crippen molar-refractivity contribution in [3.63, 3.8) is 0 Å². The van der Waals surface area contributed by atoms with Crippen LogP contribution in [0.5, 0.6) is 0 Å². The van der Waals surface area contributed by atoms with E-state index in [1.165, 1.54) is 18.6 Å². The monoisotopic (exact) mass is 434 g/mol. The first-order valence-corrected chi connectivity index (χ1v) is 11.0. The predicted octanol–water partition coefficient (Wildman–Crippen LogP) is 4.97. The van der Waals surface area contributed by atoms with Crippen LogP contribution >= 0.6 is 0 Å². The third-order valence-electron chi connectivity index (χ3n) is 5.95. The van der Waals surface area contributed by atoms with Crippen LogP contribution in [-0.4, -0.2) is 38.5 Å². The number of aromatic nitrogens is 2. The molecule has 1 saturated carbocycles. The molecule has 0 spiro atoms. The van der Waals surface area contributed by atoms with Gasteiger partial charge < -0.3 is 9.42 Å². The lowest BCUT2D eigenvalue weighted by Crippen LogP contribution is -2.42. The lowest BCUT2D eigenvalue weighted by Gasteiger charge is -2.34. The third kappa shape index (κ3) is 5.01. The summed E-state index contributed by atoms with van der Waals surface area (Å²) in [5, 5.41) is 14.8. The normalized spacial score (nSPS) is 14.3. The van der Waals surface area contributed by atoms with Gasteiger partial charge in [0.15, 0.2) is 0 Å². The number of carbonyl (C=O) groups excluding carboxylic acids is 1. The summed E-state index contributed by atoms with van der Waals surface area (Å²) >= 11 is 0. The Morgan fingerprint density at radius 2 is 1.78 bits per heavy atom. The van der Waals surface area contributed by atoms with Crippen LogP contribution in [0, 0.1) is 17.0 Å². The Morgan fingerprint density at radius 3 is 2.44 bits per heavy atom. The van der Waals surface area contributed by atoms with Crippen molar-refractivity contribution in [2.75, 3.05) is 6.54 Å². The zero-order valence-corrected chi connectivity index (χ0v) is 18.1. The molecule has 0 aliphatic heterocycles. The second kappa shape index (κ2) is 9.72. The fourth-order valence-corrected chi connectivity index (χ4v) is 4.13. The van der Waals surface area contributed by atoms with Crippen molar-refractivity contribution in [2.45, 2.75) is 51.5 Å². The third-order valence-corrected chi connectivity index (χ3v) is 5.95. The number of nitro groups is 1. The number of rotatable bonds is 7. The number of non-ortho nitro benzene ring substituents is 1. The first kappa shape index (κ1) is 21.7. The van der Waals surface area contributed by atoms with Crippen molar-refractivity contribution in [1.29, 1.82) is 0 Å². The fraction of sp³-hybridized carbons (Fsp3) is 0.375. The maximum atomic E-state index is 13.3. The fourth-order valence-electron chi connectivity index (χ4n) is 4.13. The second-order valence-corrected chi connectivity index (χ2v) is 8.22. The first-order valence-electron chi connectivity index (χ1n) is 11.0. The topological polar surface area (TPSA) is 102 Å². The average molecular weight is 434 g/mol. The number of amides is 1. The van der Waals surface area contributed by atoms with E-state index in [4.69, 9.17) is 4.52 Å². The highest BCUT2D eigenvalue weighted by Crippen LogP contribution is 2.25. The lowest BCUT2D eigenvalue weighted by molar-refractivity contribution is -0.384. The van der Waals surface area contributed by atoms with Gasteiger partial charge in [0.2, 0.25) is 11.7 Å². The molecule has 0 atom stereocenters. The molecule has 1 aromatic heterocycles. The van der Waals surface area contributed by atoms with Gasteiger partial charge in [-0.05, 0) is 44.0 Å². The Morgan fingerprint density at radius 1 is 1.09 bits per heavy atom. The highest BCUT2D eigenvalue weighted by atomic mass is 16.6. The van der Waals surface area contributed by atoms with Crippen LogP contribution in [0.2, 0.25) is 0 Å². The Bertz CT molecular complexity index is 1070. The number of carbonyl (C=O) groups is 1. The van der Waals surface area contributed by atoms with Crippen molar-refractivity contribution in [1.82, 2.24) is 15.0 Å². The van der Waals surface area contributed by atoms with E-state index in [2.05, 4.69) is 10.1 Å². The molecule has 1 amide bonds. The molecule has 0 unspecified atom stereocenters. The minimum atomic E-state index is -0.448. The van der Waals surface area contributed by atoms with E-state index >= 15 is 0 Å². The van der Waals surface area contributed by atoms with Crippen LogP contribution in [0.15, 0.2) is 53.1 Å². The minimum absolute atomic E-state index is 0.00945. The van der Waals surface area contributed by atoms with E-state index in [0.29, 0.717) is 35.8 Å². The molecular weight excluding hydrogens is 408 g/mol. The summed E-state index contributed by atoms with van der Waals surface area (Å²) in [6.45, 7) is 2.50. The van der Waals surface area contributed by atoms with Crippen LogP contribution in [-0.2, 0) is 6.42 Å². The summed E-state index contributed by atoms with van der Waals surface area (Å²) in [6, 6.07) is 13.9. The molecule has 8 nitrogen and oxygen atoms in total. The SMILES string of the molecule is Cc1ccc(C(=O)N(CCc2nc(-c3ccc([N+](=O)[O-])cc3)no2)C2CCCCC2)cc1. The van der Waals surface area contributed by atoms with Crippen molar-refractivity contribution in [2.24, 2.45) is 0 Å². The molecular formula is C24H26N4O4. The number of hydrogen-bond acceptors (Lipinski definition) is 6. The molecule has 1 aliphatic rings. The number of aryl methyl sites for hydroxylation is 1. The van der Waals surface area contributed by atoms with E-state index in [1.807, 2.05) is 36.1 Å². The number of nitro benzene ring substituents is 1. The molecule has 8 heteroatoms. The van der Waals surface area contributed by atoms with Gasteiger partial charge in [0.05, 0.1) is 4.92 Å². The quantitative estimate of drug-likeness (QED) is 0.384. The summed E-state index contributed by atoms with van der Waals surface area (Å²) in [7, 11) is 0. The maximum absolute atomic E-state index is 13.3. The predicted molar refractivity (Wildman–Crippen MR) is 119 cm³/mol. The summed E-state index contributed by atoms with van der Waals surface area (Å²) in [5.41, 5.74) is 2.47. The molecule has 3 aromatic rings. The van der Waals surface area contributed by atoms with Crippen LogP contribution in [0.3, 0.4) is 0 Å². The Balaban J connectivity index is 1.47. The standard InChI is InChI=1S/C24H26N4O4/c1-17-7-9-19(10-8-17)24(29)27(20-5-3-2-4-6-20)16-15-22-25-23(26-32-22)18-11-13-21(14-12-18)28(30)31/h7-14,20H,2-6,15-16H2,1H3. The average Bonchev–Trinajstić information content (AvgIpc) is 3.29. The summed E-state index contributed by atoms with van der Waals surface area (Å²) < 4.78 is 5.40. The van der Waals surface area contributed by atoms with E-state index in [-0.39, 0.29) is 17.6 Å². The van der Waals surface area contributed by atoms with Gasteiger partial charge in [0.1, 0.15) is 0 Å². The van der Waals surface area contributed by atoms with E-state index < -0.39 is 4.92 Å². The molecule has 0 bridgehead atoms. The van der Waals surface area contributed by atoms with Gasteiger partial charge in [-0.3, -0.25) is 14.9 Å². The minimum Gasteiger partial charge on any atom is -0.339 e. The van der Waals surface area contributed by atoms with E-state index in [0.717, 1.165) is 31.2 Å². The van der Waals surface area contributed by atoms with Gasteiger partial charge in [-0.15, -0.1) is 0 Å². The van der Waals surface area contributed by atoms with Gasteiger partial charge in [0, 0.05) is 42.3 Å². The van der Waals surface area contributed by atoms with Crippen LogP contribution in [0.1, 0.15) is 53.9 Å². The molecule has 166 valence electrons. The van der Waals surface area contributed by atoms with Crippen molar-refractivity contribution >= 4 is 11.6 Å². The Hall–Kier alpha value is -3.55. The molecule has 1 fully saturated rings. The van der Waals surface area contributed by atoms with Gasteiger partial charge in [-0.2, -0.15) is 4.98 Å². The van der Waals surface area contributed by atoms with Crippen LogP contribution in [0.25, 0.3) is 11.4 Å². The second-order valence-electron chi connectivity index (χ2n) is 8.22. The molecule has 4 rings (SSSR count). The van der Waals surface area contributed by atoms with Crippen molar-refractivity contribution < 1.29 is 14.2 Å². The maximum Gasteiger partial charge on any atom is 0.269 e. The summed E-state index contributed by atoms with van der Waals surface area (Å²) in [5.74, 6) is 0.854. The van der Waals surface area contributed by atoms with Gasteiger partial charge in [-0.25, -0.2) is 0 Å². The zero-order valence-electron chi connectivity index (χ0n) is 18.1. The van der Waals surface area contributed by atoms with Crippen molar-refractivity contribution in [3.8, 4) is 11.4 Å². The van der Waals surface area contributed by atoms with E-state index in [1.54, 1.807) is 12.1 Å². The van der Waals surface area contributed by atoms with Gasteiger partial charge in [0.25, 0.3) is 11.6 Å². The molecule has 0 N–H and O–H groups in total. The van der Waals surface area contributed by atoms with Gasteiger partial charge >= 0.3 is 0 Å². The first-order chi connectivity index (χ1) is 15.5. The zero-order chi connectivity index (χ0) is 22.5. The number of benzene rings is 2. The summed E-state index contributed by atoms with van der Waals surface area (Å²) in [4.78, 5) is 30.1. The highest BCUT2D eigenvalue weighted by molar-refractivity contribution is 5.94.